The van der Waals surface area contributed by atoms with Crippen molar-refractivity contribution in [3.8, 4) is 0 Å². The molecule has 19 nitrogen and oxygen atoms in total. The molecule has 0 aromatic carbocycles. The Labute approximate surface area is 262 Å². The fraction of sp³-hybridized carbons (Fsp3) is 0.960. The van der Waals surface area contributed by atoms with Crippen LogP contribution >= 0.6 is 11.6 Å². The van der Waals surface area contributed by atoms with E-state index >= 15 is 0 Å². The molecule has 9 N–H and O–H groups in total. The van der Waals surface area contributed by atoms with Crippen LogP contribution in [0.3, 0.4) is 0 Å². The van der Waals surface area contributed by atoms with E-state index in [2.05, 4.69) is 10.0 Å². The third-order valence-corrected chi connectivity index (χ3v) is 8.36. The van der Waals surface area contributed by atoms with Crippen molar-refractivity contribution < 1.29 is 79.2 Å². The third kappa shape index (κ3) is 8.33. The Morgan fingerprint density at radius 1 is 1.04 bits per heavy atom. The summed E-state index contributed by atoms with van der Waals surface area (Å²) in [4.78, 5) is 15.3. The maximum absolute atomic E-state index is 12.6. The van der Waals surface area contributed by atoms with Crippen molar-refractivity contribution in [3.63, 3.8) is 0 Å². The average molecular weight is 676 g/mol. The first-order valence-corrected chi connectivity index (χ1v) is 14.9. The highest BCUT2D eigenvalue weighted by molar-refractivity contribution is 6.17. The van der Waals surface area contributed by atoms with E-state index in [1.54, 1.807) is 0 Å². The number of hydrogen-bond acceptors (Lipinski definition) is 16. The van der Waals surface area contributed by atoms with E-state index in [1.165, 1.54) is 13.8 Å². The lowest BCUT2D eigenvalue weighted by atomic mass is 9.83. The number of alkyl halides is 1. The smallest absolute Gasteiger partial charge is 0.364 e. The zero-order valence-corrected chi connectivity index (χ0v) is 25.3. The highest BCUT2D eigenvalue weighted by atomic mass is 35.5. The molecule has 0 aromatic rings. The number of rotatable bonds is 14. The van der Waals surface area contributed by atoms with Gasteiger partial charge in [-0.15, -0.1) is 11.6 Å². The second kappa shape index (κ2) is 16.6. The lowest BCUT2D eigenvalue weighted by Gasteiger charge is -2.50. The van der Waals surface area contributed by atoms with E-state index in [0.29, 0.717) is 6.42 Å². The van der Waals surface area contributed by atoms with Gasteiger partial charge in [0.05, 0.1) is 44.2 Å². The maximum Gasteiger partial charge on any atom is 0.364 e. The SMILES string of the molecule is C[C@@H](O)[C@@H](N=[N+]=[N-])C1O[C@@](O[C@@H]2C(O)[C@H](O[C@@H]3C(CO)O[C@@H](OCCCCl)C(O)[C@H]3O)OC(CO)[C@@H]2O)(C(=O)O)C[C@@H](O)[C@H]1C. The summed E-state index contributed by atoms with van der Waals surface area (Å²) in [5, 5.41) is 98.0. The molecule has 0 radical (unpaired) electrons. The predicted octanol–water partition coefficient (Wildman–Crippen LogP) is -3.09. The lowest BCUT2D eigenvalue weighted by Crippen LogP contribution is -2.68. The van der Waals surface area contributed by atoms with Crippen molar-refractivity contribution >= 4 is 17.6 Å². The normalized spacial score (nSPS) is 43.7. The molecular formula is C25H42ClN3O16. The molecule has 0 aliphatic carbocycles. The zero-order chi connectivity index (χ0) is 33.6. The van der Waals surface area contributed by atoms with Gasteiger partial charge in [0.1, 0.15) is 48.8 Å². The second-order valence-electron chi connectivity index (χ2n) is 11.2. The highest BCUT2D eigenvalue weighted by Gasteiger charge is 2.59. The van der Waals surface area contributed by atoms with Crippen LogP contribution in [0.15, 0.2) is 5.11 Å². The van der Waals surface area contributed by atoms with E-state index in [1.807, 2.05) is 0 Å². The van der Waals surface area contributed by atoms with Crippen molar-refractivity contribution in [2.24, 2.45) is 11.0 Å². The average Bonchev–Trinajstić information content (AvgIpc) is 3.00. The fourth-order valence-electron chi connectivity index (χ4n) is 5.49. The number of carboxylic acid groups (broad SMARTS) is 1. The molecule has 3 rings (SSSR count). The van der Waals surface area contributed by atoms with Crippen LogP contribution in [0.4, 0.5) is 0 Å². The number of aliphatic hydroxyl groups is 8. The third-order valence-electron chi connectivity index (χ3n) is 8.09. The Bertz CT molecular complexity index is 1010. The molecular weight excluding hydrogens is 634 g/mol. The minimum atomic E-state index is -2.80. The topological polar surface area (TPSA) is 303 Å². The number of carbonyl (C=O) groups is 1. The first-order valence-electron chi connectivity index (χ1n) is 14.3. The Morgan fingerprint density at radius 2 is 1.69 bits per heavy atom. The molecule has 0 saturated carbocycles. The van der Waals surface area contributed by atoms with Gasteiger partial charge in [0.25, 0.3) is 5.79 Å². The van der Waals surface area contributed by atoms with Gasteiger partial charge in [-0.2, -0.15) is 0 Å². The molecule has 0 aromatic heterocycles. The summed E-state index contributed by atoms with van der Waals surface area (Å²) in [6.07, 6.45) is -21.8. The molecule has 3 heterocycles. The Hall–Kier alpha value is -1.49. The monoisotopic (exact) mass is 675 g/mol. The Kier molecular flexibility index (Phi) is 14.0. The number of nitrogens with zero attached hydrogens (tertiary/aromatic N) is 3. The quantitative estimate of drug-likeness (QED) is 0.0289. The van der Waals surface area contributed by atoms with E-state index in [9.17, 15) is 50.8 Å². The van der Waals surface area contributed by atoms with Gasteiger partial charge >= 0.3 is 5.97 Å². The summed E-state index contributed by atoms with van der Waals surface area (Å²) < 4.78 is 33.5. The van der Waals surface area contributed by atoms with Gasteiger partial charge in [-0.1, -0.05) is 12.0 Å². The standard InChI is InChI=1S/C25H42ClN3O16/c1-9-11(33)6-25(24(38)39,44-19(9)14(10(2)32)28-29-27)45-21-15(34)12(7-30)41-23(18(21)37)43-20-13(8-31)42-22(17(36)16(20)35)40-5-3-4-26/h9-23,30-37H,3-8H2,1-2H3,(H,38,39)/t9-,10-,11-,12?,13?,14-,15+,16-,17?,18?,19?,20-,21+,22-,23+,25+/m1/s1. The molecule has 3 aliphatic heterocycles. The molecule has 0 spiro atoms. The fourth-order valence-corrected chi connectivity index (χ4v) is 5.60. The van der Waals surface area contributed by atoms with E-state index in [4.69, 9.17) is 45.6 Å². The van der Waals surface area contributed by atoms with Gasteiger partial charge in [-0.05, 0) is 18.9 Å². The molecule has 45 heavy (non-hydrogen) atoms. The van der Waals surface area contributed by atoms with Gasteiger partial charge in [0.15, 0.2) is 12.6 Å². The van der Waals surface area contributed by atoms with Crippen LogP contribution < -0.4 is 0 Å². The van der Waals surface area contributed by atoms with Crippen LogP contribution in [0.5, 0.6) is 0 Å². The number of azide groups is 1. The Morgan fingerprint density at radius 3 is 2.24 bits per heavy atom. The van der Waals surface area contributed by atoms with Crippen LogP contribution in [-0.2, 0) is 33.2 Å². The van der Waals surface area contributed by atoms with Crippen molar-refractivity contribution in [3.05, 3.63) is 10.4 Å². The molecule has 20 heteroatoms. The molecule has 3 aliphatic rings. The highest BCUT2D eigenvalue weighted by Crippen LogP contribution is 2.40. The number of aliphatic hydroxyl groups excluding tert-OH is 8. The predicted molar refractivity (Wildman–Crippen MR) is 146 cm³/mol. The number of hydrogen-bond donors (Lipinski definition) is 9. The lowest BCUT2D eigenvalue weighted by molar-refractivity contribution is -0.385. The summed E-state index contributed by atoms with van der Waals surface area (Å²) in [6.45, 7) is 1.12. The molecule has 3 fully saturated rings. The van der Waals surface area contributed by atoms with Gasteiger partial charge in [-0.25, -0.2) is 4.79 Å². The number of aliphatic carboxylic acids is 1. The van der Waals surface area contributed by atoms with Crippen LogP contribution in [0, 0.1) is 5.92 Å². The molecule has 0 bridgehead atoms. The molecule has 260 valence electrons. The van der Waals surface area contributed by atoms with Crippen LogP contribution in [0.2, 0.25) is 0 Å². The maximum atomic E-state index is 12.6. The summed E-state index contributed by atoms with van der Waals surface area (Å²) in [6, 6.07) is -1.38. The Balaban J connectivity index is 1.89. The first-order chi connectivity index (χ1) is 21.3. The van der Waals surface area contributed by atoms with Crippen molar-refractivity contribution in [1.29, 1.82) is 0 Å². The van der Waals surface area contributed by atoms with Gasteiger partial charge in [0, 0.05) is 23.1 Å². The molecule has 3 saturated heterocycles. The largest absolute Gasteiger partial charge is 0.477 e. The minimum absolute atomic E-state index is 0.0592. The van der Waals surface area contributed by atoms with Gasteiger partial charge in [-0.3, -0.25) is 0 Å². The molecule has 5 unspecified atom stereocenters. The number of halogens is 1. The van der Waals surface area contributed by atoms with Crippen molar-refractivity contribution in [1.82, 2.24) is 0 Å². The van der Waals surface area contributed by atoms with E-state index < -0.39 is 123 Å². The zero-order valence-electron chi connectivity index (χ0n) is 24.5. The molecule has 0 amide bonds. The van der Waals surface area contributed by atoms with E-state index in [0.717, 1.165) is 0 Å². The van der Waals surface area contributed by atoms with Crippen molar-refractivity contribution in [2.75, 3.05) is 25.7 Å². The summed E-state index contributed by atoms with van der Waals surface area (Å²) >= 11 is 5.62. The van der Waals surface area contributed by atoms with Gasteiger partial charge in [0.2, 0.25) is 0 Å². The minimum Gasteiger partial charge on any atom is -0.477 e. The van der Waals surface area contributed by atoms with Crippen LogP contribution in [0.25, 0.3) is 10.4 Å². The number of carboxylic acids is 1. The second-order valence-corrected chi connectivity index (χ2v) is 11.6. The summed E-state index contributed by atoms with van der Waals surface area (Å²) in [5.41, 5.74) is 8.99. The first kappa shape index (κ1) is 38.0. The van der Waals surface area contributed by atoms with Crippen LogP contribution in [-0.4, -0.2) is 169 Å². The summed E-state index contributed by atoms with van der Waals surface area (Å²) in [5.74, 6) is -5.24. The number of ether oxygens (including phenoxy) is 6. The van der Waals surface area contributed by atoms with E-state index in [-0.39, 0.29) is 12.5 Å². The molecule has 16 atom stereocenters. The van der Waals surface area contributed by atoms with Crippen LogP contribution in [0.1, 0.15) is 26.7 Å². The van der Waals surface area contributed by atoms with Crippen molar-refractivity contribution in [2.45, 2.75) is 118 Å². The van der Waals surface area contributed by atoms with Gasteiger partial charge < -0.3 is 74.4 Å². The summed E-state index contributed by atoms with van der Waals surface area (Å²) in [7, 11) is 0.